The van der Waals surface area contributed by atoms with Crippen LogP contribution in [0.15, 0.2) is 30.5 Å². The summed E-state index contributed by atoms with van der Waals surface area (Å²) in [6.45, 7) is 6.67. The van der Waals surface area contributed by atoms with Gasteiger partial charge in [0.2, 0.25) is 0 Å². The number of carbonyl (C=O) groups excluding carboxylic acids is 3. The molecule has 1 heterocycles. The molecule has 8 nitrogen and oxygen atoms in total. The molecule has 154 valence electrons. The van der Waals surface area contributed by atoms with Crippen molar-refractivity contribution in [3.05, 3.63) is 47.3 Å². The van der Waals surface area contributed by atoms with E-state index in [9.17, 15) is 19.5 Å². The van der Waals surface area contributed by atoms with Crippen molar-refractivity contribution >= 4 is 17.8 Å². The minimum Gasteiger partial charge on any atom is -0.507 e. The van der Waals surface area contributed by atoms with Crippen LogP contribution in [0.25, 0.3) is 11.1 Å². The first kappa shape index (κ1) is 21.9. The molecular formula is C21H24N2O6. The van der Waals surface area contributed by atoms with Crippen molar-refractivity contribution in [2.24, 2.45) is 0 Å². The average Bonchev–Trinajstić information content (AvgIpc) is 2.64. The third-order valence-electron chi connectivity index (χ3n) is 3.85. The molecule has 0 aliphatic heterocycles. The molecule has 0 atom stereocenters. The maximum absolute atomic E-state index is 12.0. The number of nitrogens with zero attached hydrogens (tertiary/aromatic N) is 1. The molecule has 2 N–H and O–H groups in total. The molecule has 0 fully saturated rings. The van der Waals surface area contributed by atoms with E-state index in [-0.39, 0.29) is 29.0 Å². The minimum absolute atomic E-state index is 0.00754. The van der Waals surface area contributed by atoms with Gasteiger partial charge in [-0.05, 0) is 57.5 Å². The van der Waals surface area contributed by atoms with Crippen LogP contribution < -0.4 is 5.32 Å². The van der Waals surface area contributed by atoms with Crippen LogP contribution in [0.1, 0.15) is 54.1 Å². The highest BCUT2D eigenvalue weighted by Crippen LogP contribution is 2.34. The Morgan fingerprint density at radius 1 is 1.17 bits per heavy atom. The zero-order valence-electron chi connectivity index (χ0n) is 17.0. The van der Waals surface area contributed by atoms with Gasteiger partial charge < -0.3 is 19.9 Å². The van der Waals surface area contributed by atoms with E-state index >= 15 is 0 Å². The summed E-state index contributed by atoms with van der Waals surface area (Å²) in [7, 11) is 1.23. The van der Waals surface area contributed by atoms with Crippen molar-refractivity contribution in [1.82, 2.24) is 10.3 Å². The number of alkyl carbamates (subject to hydrolysis) is 1. The highest BCUT2D eigenvalue weighted by Gasteiger charge is 2.19. The molecule has 1 aromatic carbocycles. The number of methoxy groups -OCH3 is 1. The van der Waals surface area contributed by atoms with Gasteiger partial charge in [-0.1, -0.05) is 0 Å². The third kappa shape index (κ3) is 5.78. The topological polar surface area (TPSA) is 115 Å². The van der Waals surface area contributed by atoms with Crippen LogP contribution in [0.2, 0.25) is 0 Å². The van der Waals surface area contributed by atoms with Crippen LogP contribution >= 0.6 is 0 Å². The first-order valence-corrected chi connectivity index (χ1v) is 8.90. The Labute approximate surface area is 168 Å². The van der Waals surface area contributed by atoms with Crippen molar-refractivity contribution in [3.8, 4) is 16.9 Å². The fourth-order valence-electron chi connectivity index (χ4n) is 2.58. The number of esters is 1. The normalized spacial score (nSPS) is 10.9. The number of amides is 1. The zero-order chi connectivity index (χ0) is 21.8. The van der Waals surface area contributed by atoms with Crippen LogP contribution in [0.3, 0.4) is 0 Å². The monoisotopic (exact) mass is 400 g/mol. The van der Waals surface area contributed by atoms with Crippen molar-refractivity contribution in [2.75, 3.05) is 7.11 Å². The Bertz CT molecular complexity index is 947. The molecule has 2 rings (SSSR count). The van der Waals surface area contributed by atoms with E-state index in [4.69, 9.17) is 9.47 Å². The summed E-state index contributed by atoms with van der Waals surface area (Å²) < 4.78 is 9.91. The molecule has 0 radical (unpaired) electrons. The first-order chi connectivity index (χ1) is 13.5. The molecule has 0 saturated heterocycles. The maximum atomic E-state index is 12.0. The van der Waals surface area contributed by atoms with Gasteiger partial charge in [-0.25, -0.2) is 9.59 Å². The number of ether oxygens (including phenoxy) is 2. The van der Waals surface area contributed by atoms with Gasteiger partial charge in [-0.3, -0.25) is 9.78 Å². The molecule has 2 aromatic rings. The quantitative estimate of drug-likeness (QED) is 0.583. The van der Waals surface area contributed by atoms with Gasteiger partial charge in [0.25, 0.3) is 0 Å². The summed E-state index contributed by atoms with van der Waals surface area (Å²) in [6.07, 6.45) is 0.915. The van der Waals surface area contributed by atoms with Crippen LogP contribution in [0.5, 0.6) is 5.75 Å². The van der Waals surface area contributed by atoms with Crippen LogP contribution in [-0.2, 0) is 16.0 Å². The molecular weight excluding hydrogens is 376 g/mol. The van der Waals surface area contributed by atoms with Crippen molar-refractivity contribution in [2.45, 2.75) is 39.8 Å². The number of nitrogens with one attached hydrogen (secondary N) is 1. The standard InChI is InChI=1S/C21H24N2O6/c1-12(24)16-9-14(19(26)28-5)10-17(18(16)25)13-6-7-22-15(8-13)11-23-20(27)29-21(2,3)4/h6-10,25H,11H2,1-5H3,(H,23,27). The largest absolute Gasteiger partial charge is 0.507 e. The lowest BCUT2D eigenvalue weighted by molar-refractivity contribution is 0.0521. The van der Waals surface area contributed by atoms with E-state index in [1.165, 1.54) is 32.4 Å². The Kier molecular flexibility index (Phi) is 6.58. The lowest BCUT2D eigenvalue weighted by Crippen LogP contribution is -2.32. The number of phenols is 1. The Balaban J connectivity index is 2.36. The predicted octanol–water partition coefficient (Wildman–Crippen LogP) is 3.47. The van der Waals surface area contributed by atoms with Crippen LogP contribution in [0.4, 0.5) is 4.79 Å². The summed E-state index contributed by atoms with van der Waals surface area (Å²) in [5.74, 6) is -1.27. The molecule has 29 heavy (non-hydrogen) atoms. The lowest BCUT2D eigenvalue weighted by atomic mass is 9.96. The number of benzene rings is 1. The van der Waals surface area contributed by atoms with E-state index in [1.54, 1.807) is 32.9 Å². The second kappa shape index (κ2) is 8.72. The van der Waals surface area contributed by atoms with Gasteiger partial charge in [0.1, 0.15) is 11.4 Å². The Morgan fingerprint density at radius 3 is 2.45 bits per heavy atom. The van der Waals surface area contributed by atoms with E-state index in [2.05, 4.69) is 10.3 Å². The van der Waals surface area contributed by atoms with Gasteiger partial charge in [0.05, 0.1) is 30.5 Å². The van der Waals surface area contributed by atoms with Crippen LogP contribution in [0, 0.1) is 0 Å². The number of hydrogen-bond donors (Lipinski definition) is 2. The number of rotatable bonds is 5. The fraction of sp³-hybridized carbons (Fsp3) is 0.333. The molecule has 0 spiro atoms. The SMILES string of the molecule is COC(=O)c1cc(C(C)=O)c(O)c(-c2ccnc(CNC(=O)OC(C)(C)C)c2)c1. The van der Waals surface area contributed by atoms with Gasteiger partial charge >= 0.3 is 12.1 Å². The number of Topliss-reactive ketones (excluding diaryl/α,β-unsaturated/α-hetero) is 1. The van der Waals surface area contributed by atoms with Crippen LogP contribution in [-0.4, -0.2) is 40.6 Å². The van der Waals surface area contributed by atoms with E-state index in [1.807, 2.05) is 0 Å². The third-order valence-corrected chi connectivity index (χ3v) is 3.85. The van der Waals surface area contributed by atoms with Crippen molar-refractivity contribution < 1.29 is 29.0 Å². The highest BCUT2D eigenvalue weighted by molar-refractivity contribution is 6.03. The number of aromatic nitrogens is 1. The number of aromatic hydroxyl groups is 1. The number of phenolic OH excluding ortho intramolecular Hbond substituents is 1. The van der Waals surface area contributed by atoms with Gasteiger partial charge in [-0.2, -0.15) is 0 Å². The molecule has 1 aromatic heterocycles. The van der Waals surface area contributed by atoms with E-state index < -0.39 is 23.4 Å². The first-order valence-electron chi connectivity index (χ1n) is 8.90. The smallest absolute Gasteiger partial charge is 0.407 e. The molecule has 0 aliphatic rings. The number of hydrogen-bond acceptors (Lipinski definition) is 7. The predicted molar refractivity (Wildman–Crippen MR) is 106 cm³/mol. The van der Waals surface area contributed by atoms with E-state index in [0.29, 0.717) is 11.3 Å². The van der Waals surface area contributed by atoms with Gasteiger partial charge in [0.15, 0.2) is 5.78 Å². The summed E-state index contributed by atoms with van der Waals surface area (Å²) >= 11 is 0. The molecule has 8 heteroatoms. The molecule has 0 bridgehead atoms. The second-order valence-electron chi connectivity index (χ2n) is 7.36. The summed E-state index contributed by atoms with van der Waals surface area (Å²) in [5, 5.41) is 13.1. The highest BCUT2D eigenvalue weighted by atomic mass is 16.6. The molecule has 1 amide bonds. The molecule has 0 saturated carbocycles. The average molecular weight is 400 g/mol. The van der Waals surface area contributed by atoms with Crippen molar-refractivity contribution in [1.29, 1.82) is 0 Å². The number of ketones is 1. The zero-order valence-corrected chi connectivity index (χ0v) is 17.0. The fourth-order valence-corrected chi connectivity index (χ4v) is 2.58. The Morgan fingerprint density at radius 2 is 1.86 bits per heavy atom. The van der Waals surface area contributed by atoms with E-state index in [0.717, 1.165) is 0 Å². The summed E-state index contributed by atoms with van der Waals surface area (Å²) in [4.78, 5) is 39.8. The molecule has 0 aliphatic carbocycles. The second-order valence-corrected chi connectivity index (χ2v) is 7.36. The number of carbonyl (C=O) groups is 3. The lowest BCUT2D eigenvalue weighted by Gasteiger charge is -2.19. The van der Waals surface area contributed by atoms with Crippen molar-refractivity contribution in [3.63, 3.8) is 0 Å². The van der Waals surface area contributed by atoms with Gasteiger partial charge in [-0.15, -0.1) is 0 Å². The summed E-state index contributed by atoms with van der Waals surface area (Å²) in [6, 6.07) is 5.99. The van der Waals surface area contributed by atoms with Gasteiger partial charge in [0, 0.05) is 11.8 Å². The maximum Gasteiger partial charge on any atom is 0.407 e. The molecule has 0 unspecified atom stereocenters. The summed E-state index contributed by atoms with van der Waals surface area (Å²) in [5.41, 5.74) is 0.818. The number of pyridine rings is 1. The minimum atomic E-state index is -0.630. The Hall–Kier alpha value is -3.42.